The molecule has 0 aromatic heterocycles. The first-order valence-electron chi connectivity index (χ1n) is 3.70. The Kier molecular flexibility index (Phi) is 5.78. The molecule has 0 aliphatic rings. The van der Waals surface area contributed by atoms with Crippen molar-refractivity contribution in [1.29, 1.82) is 0 Å². The van der Waals surface area contributed by atoms with Gasteiger partial charge < -0.3 is 9.84 Å². The van der Waals surface area contributed by atoms with E-state index in [1.54, 1.807) is 6.92 Å². The first-order chi connectivity index (χ1) is 5.20. The molecule has 2 N–H and O–H groups in total. The van der Waals surface area contributed by atoms with Crippen molar-refractivity contribution in [2.75, 3.05) is 13.3 Å². The van der Waals surface area contributed by atoms with Crippen molar-refractivity contribution in [2.45, 2.75) is 26.3 Å². The van der Waals surface area contributed by atoms with Crippen LogP contribution >= 0.6 is 0 Å². The third-order valence-electron chi connectivity index (χ3n) is 1.22. The number of esters is 1. The number of nitrogens with one attached hydrogen (secondary N) is 1. The van der Waals surface area contributed by atoms with E-state index >= 15 is 0 Å². The van der Waals surface area contributed by atoms with Gasteiger partial charge in [-0.1, -0.05) is 0 Å². The van der Waals surface area contributed by atoms with Crippen LogP contribution in [-0.4, -0.2) is 30.5 Å². The van der Waals surface area contributed by atoms with Crippen LogP contribution in [0.15, 0.2) is 0 Å². The molecule has 0 fully saturated rings. The van der Waals surface area contributed by atoms with Crippen LogP contribution < -0.4 is 5.32 Å². The predicted octanol–water partition coefficient (Wildman–Crippen LogP) is -0.132. The molecule has 0 saturated heterocycles. The third-order valence-corrected chi connectivity index (χ3v) is 1.22. The Hall–Kier alpha value is -0.610. The van der Waals surface area contributed by atoms with Crippen molar-refractivity contribution < 1.29 is 14.6 Å². The fraction of sp³-hybridized carbons (Fsp3) is 0.857. The van der Waals surface area contributed by atoms with Gasteiger partial charge in [0.2, 0.25) is 0 Å². The van der Waals surface area contributed by atoms with Gasteiger partial charge in [0.25, 0.3) is 0 Å². The van der Waals surface area contributed by atoms with Gasteiger partial charge in [0.05, 0.1) is 19.8 Å². The number of rotatable bonds is 5. The molecule has 0 aromatic rings. The molecule has 0 rings (SSSR count). The zero-order chi connectivity index (χ0) is 8.69. The maximum Gasteiger partial charge on any atom is 0.307 e. The first-order valence-corrected chi connectivity index (χ1v) is 3.70. The molecular formula is C7H15NO3. The van der Waals surface area contributed by atoms with Gasteiger partial charge in [-0.15, -0.1) is 0 Å². The van der Waals surface area contributed by atoms with E-state index in [9.17, 15) is 4.79 Å². The van der Waals surface area contributed by atoms with Gasteiger partial charge in [-0.2, -0.15) is 0 Å². The zero-order valence-corrected chi connectivity index (χ0v) is 6.96. The molecule has 0 amide bonds. The maximum absolute atomic E-state index is 10.8. The Morgan fingerprint density at radius 3 is 2.82 bits per heavy atom. The molecule has 0 aliphatic carbocycles. The minimum Gasteiger partial charge on any atom is -0.466 e. The number of carbonyl (C=O) groups excluding carboxylic acids is 1. The largest absolute Gasteiger partial charge is 0.466 e. The molecule has 0 radical (unpaired) electrons. The molecular weight excluding hydrogens is 146 g/mol. The fourth-order valence-corrected chi connectivity index (χ4v) is 0.698. The highest BCUT2D eigenvalue weighted by Gasteiger charge is 2.07. The van der Waals surface area contributed by atoms with Crippen LogP contribution in [0.2, 0.25) is 0 Å². The van der Waals surface area contributed by atoms with E-state index in [2.05, 4.69) is 5.32 Å². The average Bonchev–Trinajstić information content (AvgIpc) is 1.87. The Labute approximate surface area is 66.5 Å². The van der Waals surface area contributed by atoms with E-state index in [1.807, 2.05) is 6.92 Å². The number of aliphatic hydroxyl groups excluding tert-OH is 1. The van der Waals surface area contributed by atoms with E-state index in [-0.39, 0.29) is 18.7 Å². The van der Waals surface area contributed by atoms with Gasteiger partial charge in [-0.05, 0) is 13.8 Å². The van der Waals surface area contributed by atoms with E-state index in [0.29, 0.717) is 13.0 Å². The van der Waals surface area contributed by atoms with E-state index < -0.39 is 0 Å². The summed E-state index contributed by atoms with van der Waals surface area (Å²) in [5.74, 6) is -0.235. The zero-order valence-electron chi connectivity index (χ0n) is 6.96. The summed E-state index contributed by atoms with van der Waals surface area (Å²) in [6, 6.07) is -0.0287. The molecule has 11 heavy (non-hydrogen) atoms. The van der Waals surface area contributed by atoms with Crippen LogP contribution in [0.5, 0.6) is 0 Å². The maximum atomic E-state index is 10.8. The molecule has 4 heteroatoms. The molecule has 66 valence electrons. The van der Waals surface area contributed by atoms with Gasteiger partial charge in [-0.3, -0.25) is 10.1 Å². The van der Waals surface area contributed by atoms with E-state index in [4.69, 9.17) is 9.84 Å². The van der Waals surface area contributed by atoms with Gasteiger partial charge >= 0.3 is 5.97 Å². The summed E-state index contributed by atoms with van der Waals surface area (Å²) in [5.41, 5.74) is 0. The Morgan fingerprint density at radius 2 is 2.36 bits per heavy atom. The molecule has 4 nitrogen and oxygen atoms in total. The van der Waals surface area contributed by atoms with Crippen molar-refractivity contribution >= 4 is 5.97 Å². The topological polar surface area (TPSA) is 58.6 Å². The minimum absolute atomic E-state index is 0.0287. The summed E-state index contributed by atoms with van der Waals surface area (Å²) in [7, 11) is 0. The van der Waals surface area contributed by atoms with Gasteiger partial charge in [0.1, 0.15) is 0 Å². The quantitative estimate of drug-likeness (QED) is 0.435. The van der Waals surface area contributed by atoms with Crippen LogP contribution in [0.4, 0.5) is 0 Å². The lowest BCUT2D eigenvalue weighted by atomic mass is 10.2. The summed E-state index contributed by atoms with van der Waals surface area (Å²) < 4.78 is 4.70. The molecule has 1 unspecified atom stereocenters. The molecule has 1 atom stereocenters. The summed E-state index contributed by atoms with van der Waals surface area (Å²) in [6.45, 7) is 3.88. The number of aliphatic hydroxyl groups is 1. The average molecular weight is 161 g/mol. The SMILES string of the molecule is CCOC(=O)CC(C)NCO. The van der Waals surface area contributed by atoms with E-state index in [0.717, 1.165) is 0 Å². The summed E-state index contributed by atoms with van der Waals surface area (Å²) in [6.07, 6.45) is 0.300. The minimum atomic E-state index is -0.235. The van der Waals surface area contributed by atoms with Crippen LogP contribution in [0.3, 0.4) is 0 Å². The molecule has 0 spiro atoms. The van der Waals surface area contributed by atoms with Crippen molar-refractivity contribution in [3.05, 3.63) is 0 Å². The van der Waals surface area contributed by atoms with Crippen molar-refractivity contribution in [2.24, 2.45) is 0 Å². The van der Waals surface area contributed by atoms with Gasteiger partial charge in [-0.25, -0.2) is 0 Å². The number of hydrogen-bond donors (Lipinski definition) is 2. The van der Waals surface area contributed by atoms with Crippen LogP contribution in [-0.2, 0) is 9.53 Å². The Morgan fingerprint density at radius 1 is 1.73 bits per heavy atom. The first kappa shape index (κ1) is 10.4. The fourth-order valence-electron chi connectivity index (χ4n) is 0.698. The van der Waals surface area contributed by atoms with Crippen LogP contribution in [0, 0.1) is 0 Å². The van der Waals surface area contributed by atoms with Crippen LogP contribution in [0.1, 0.15) is 20.3 Å². The third kappa shape index (κ3) is 5.82. The lowest BCUT2D eigenvalue weighted by Gasteiger charge is -2.09. The highest BCUT2D eigenvalue weighted by molar-refractivity contribution is 5.69. The summed E-state index contributed by atoms with van der Waals surface area (Å²) in [5, 5.41) is 11.1. The number of hydrogen-bond acceptors (Lipinski definition) is 4. The highest BCUT2D eigenvalue weighted by Crippen LogP contribution is 1.92. The summed E-state index contributed by atoms with van der Waals surface area (Å²) >= 11 is 0. The second-order valence-electron chi connectivity index (χ2n) is 2.27. The predicted molar refractivity (Wildman–Crippen MR) is 40.9 cm³/mol. The molecule has 0 heterocycles. The van der Waals surface area contributed by atoms with Crippen LogP contribution in [0.25, 0.3) is 0 Å². The standard InChI is InChI=1S/C7H15NO3/c1-3-11-7(10)4-6(2)8-5-9/h6,8-9H,3-5H2,1-2H3. The van der Waals surface area contributed by atoms with E-state index in [1.165, 1.54) is 0 Å². The van der Waals surface area contributed by atoms with Crippen molar-refractivity contribution in [3.8, 4) is 0 Å². The van der Waals surface area contributed by atoms with Gasteiger partial charge in [0, 0.05) is 6.04 Å². The Bertz CT molecular complexity index is 116. The second-order valence-corrected chi connectivity index (χ2v) is 2.27. The number of ether oxygens (including phenoxy) is 1. The smallest absolute Gasteiger partial charge is 0.307 e. The lowest BCUT2D eigenvalue weighted by Crippen LogP contribution is -2.29. The molecule has 0 aromatic carbocycles. The number of carbonyl (C=O) groups is 1. The molecule has 0 aliphatic heterocycles. The lowest BCUT2D eigenvalue weighted by molar-refractivity contribution is -0.143. The Balaban J connectivity index is 3.40. The monoisotopic (exact) mass is 161 g/mol. The highest BCUT2D eigenvalue weighted by atomic mass is 16.5. The van der Waals surface area contributed by atoms with Crippen molar-refractivity contribution in [3.63, 3.8) is 0 Å². The molecule has 0 bridgehead atoms. The van der Waals surface area contributed by atoms with Gasteiger partial charge in [0.15, 0.2) is 0 Å². The molecule has 0 saturated carbocycles. The van der Waals surface area contributed by atoms with Crippen molar-refractivity contribution in [1.82, 2.24) is 5.32 Å². The second kappa shape index (κ2) is 6.12. The normalized spacial score (nSPS) is 12.6. The summed E-state index contributed by atoms with van der Waals surface area (Å²) in [4.78, 5) is 10.8.